The van der Waals surface area contributed by atoms with Crippen molar-refractivity contribution in [1.82, 2.24) is 5.32 Å². The molecule has 2 N–H and O–H groups in total. The summed E-state index contributed by atoms with van der Waals surface area (Å²) < 4.78 is 48.3. The third-order valence-corrected chi connectivity index (χ3v) is 3.38. The quantitative estimate of drug-likeness (QED) is 0.839. The number of halogens is 2. The van der Waals surface area contributed by atoms with E-state index in [4.69, 9.17) is 0 Å². The molecule has 0 bridgehead atoms. The van der Waals surface area contributed by atoms with Gasteiger partial charge in [-0.1, -0.05) is 19.1 Å². The normalized spacial score (nSPS) is 13.6. The number of alkyl halides is 2. The van der Waals surface area contributed by atoms with Crippen LogP contribution in [0.2, 0.25) is 0 Å². The topological polar surface area (TPSA) is 58.2 Å². The van der Waals surface area contributed by atoms with Crippen molar-refractivity contribution in [3.05, 3.63) is 29.8 Å². The van der Waals surface area contributed by atoms with Crippen LogP contribution in [-0.2, 0) is 10.0 Å². The average molecular weight is 278 g/mol. The minimum atomic E-state index is -4.61. The first-order valence-electron chi connectivity index (χ1n) is 5.50. The molecule has 1 atom stereocenters. The molecule has 4 nitrogen and oxygen atoms in total. The predicted octanol–water partition coefficient (Wildman–Crippen LogP) is 2.32. The second-order valence-corrected chi connectivity index (χ2v) is 5.46. The van der Waals surface area contributed by atoms with Gasteiger partial charge in [-0.05, 0) is 31.2 Å². The van der Waals surface area contributed by atoms with Crippen LogP contribution in [0.5, 0.6) is 0 Å². The first kappa shape index (κ1) is 14.8. The number of benzene rings is 1. The van der Waals surface area contributed by atoms with Crippen molar-refractivity contribution in [2.24, 2.45) is 0 Å². The van der Waals surface area contributed by atoms with Gasteiger partial charge in [0.1, 0.15) is 0 Å². The van der Waals surface area contributed by atoms with Gasteiger partial charge < -0.3 is 5.32 Å². The van der Waals surface area contributed by atoms with Gasteiger partial charge in [0.2, 0.25) is 0 Å². The van der Waals surface area contributed by atoms with Gasteiger partial charge in [-0.15, -0.1) is 0 Å². The van der Waals surface area contributed by atoms with E-state index in [0.29, 0.717) is 0 Å². The lowest BCUT2D eigenvalue weighted by molar-refractivity contribution is 0.236. The molecule has 0 aliphatic rings. The first-order chi connectivity index (χ1) is 8.36. The molecule has 1 unspecified atom stereocenters. The lowest BCUT2D eigenvalue weighted by atomic mass is 10.1. The maximum atomic E-state index is 12.2. The molecule has 0 saturated carbocycles. The zero-order valence-corrected chi connectivity index (χ0v) is 11.0. The Morgan fingerprint density at radius 3 is 2.56 bits per heavy atom. The first-order valence-corrected chi connectivity index (χ1v) is 7.04. The van der Waals surface area contributed by atoms with Crippen molar-refractivity contribution >= 4 is 15.7 Å². The number of rotatable bonds is 6. The molecule has 0 spiro atoms. The second-order valence-electron chi connectivity index (χ2n) is 3.81. The van der Waals surface area contributed by atoms with E-state index in [1.807, 2.05) is 18.6 Å². The van der Waals surface area contributed by atoms with E-state index < -0.39 is 15.8 Å². The zero-order valence-electron chi connectivity index (χ0n) is 10.2. The maximum absolute atomic E-state index is 12.2. The Hall–Kier alpha value is -1.21. The molecule has 0 amide bonds. The molecule has 0 aliphatic heterocycles. The number of hydrogen-bond acceptors (Lipinski definition) is 3. The third kappa shape index (κ3) is 3.92. The summed E-state index contributed by atoms with van der Waals surface area (Å²) in [5.74, 6) is -3.44. The standard InChI is InChI=1S/C11H16F2N2O2S/c1-3-14-8(2)9-5-4-6-10(7-9)15-18(16,17)11(12)13/h4-8,11,14-15H,3H2,1-2H3. The lowest BCUT2D eigenvalue weighted by Crippen LogP contribution is -2.21. The van der Waals surface area contributed by atoms with Gasteiger partial charge in [0.25, 0.3) is 10.0 Å². The van der Waals surface area contributed by atoms with E-state index in [1.165, 1.54) is 12.1 Å². The van der Waals surface area contributed by atoms with Gasteiger partial charge in [-0.25, -0.2) is 8.42 Å². The van der Waals surface area contributed by atoms with Crippen molar-refractivity contribution in [2.75, 3.05) is 11.3 Å². The molecule has 0 fully saturated rings. The number of nitrogens with one attached hydrogen (secondary N) is 2. The molecule has 0 heterocycles. The van der Waals surface area contributed by atoms with Crippen molar-refractivity contribution < 1.29 is 17.2 Å². The van der Waals surface area contributed by atoms with Crippen molar-refractivity contribution in [3.8, 4) is 0 Å². The van der Waals surface area contributed by atoms with Crippen LogP contribution in [0.3, 0.4) is 0 Å². The fourth-order valence-electron chi connectivity index (χ4n) is 1.50. The Labute approximate surface area is 105 Å². The predicted molar refractivity (Wildman–Crippen MR) is 67.1 cm³/mol. The van der Waals surface area contributed by atoms with Gasteiger partial charge in [0, 0.05) is 11.7 Å². The van der Waals surface area contributed by atoms with Gasteiger partial charge in [0.15, 0.2) is 0 Å². The minimum Gasteiger partial charge on any atom is -0.310 e. The van der Waals surface area contributed by atoms with E-state index in [-0.39, 0.29) is 11.7 Å². The smallest absolute Gasteiger partial charge is 0.310 e. The molecule has 0 saturated heterocycles. The Bertz CT molecular complexity index is 492. The van der Waals surface area contributed by atoms with Crippen LogP contribution in [0.25, 0.3) is 0 Å². The molecule has 1 rings (SSSR count). The maximum Gasteiger partial charge on any atom is 0.355 e. The van der Waals surface area contributed by atoms with Crippen molar-refractivity contribution in [2.45, 2.75) is 25.6 Å². The largest absolute Gasteiger partial charge is 0.355 e. The summed E-state index contributed by atoms with van der Waals surface area (Å²) in [5.41, 5.74) is 0.962. The van der Waals surface area contributed by atoms with E-state index in [0.717, 1.165) is 12.1 Å². The minimum absolute atomic E-state index is 0.0194. The van der Waals surface area contributed by atoms with E-state index >= 15 is 0 Å². The van der Waals surface area contributed by atoms with Gasteiger partial charge in [0.05, 0.1) is 0 Å². The Kier molecular flexibility index (Phi) is 5.03. The average Bonchev–Trinajstić information content (AvgIpc) is 2.29. The molecule has 0 radical (unpaired) electrons. The summed E-state index contributed by atoms with van der Waals surface area (Å²) in [4.78, 5) is 0. The van der Waals surface area contributed by atoms with Crippen molar-refractivity contribution in [1.29, 1.82) is 0 Å². The Morgan fingerprint density at radius 1 is 1.33 bits per heavy atom. The molecule has 7 heteroatoms. The monoisotopic (exact) mass is 278 g/mol. The summed E-state index contributed by atoms with van der Waals surface area (Å²) >= 11 is 0. The highest BCUT2D eigenvalue weighted by Gasteiger charge is 2.23. The fraction of sp³-hybridized carbons (Fsp3) is 0.455. The summed E-state index contributed by atoms with van der Waals surface area (Å²) in [5, 5.41) is 3.15. The van der Waals surface area contributed by atoms with Gasteiger partial charge in [-0.2, -0.15) is 8.78 Å². The van der Waals surface area contributed by atoms with Crippen LogP contribution in [0, 0.1) is 0 Å². The molecule has 1 aromatic carbocycles. The molecule has 102 valence electrons. The highest BCUT2D eigenvalue weighted by Crippen LogP contribution is 2.19. The highest BCUT2D eigenvalue weighted by molar-refractivity contribution is 7.93. The second kappa shape index (κ2) is 6.10. The zero-order chi connectivity index (χ0) is 13.8. The molecular formula is C11H16F2N2O2S. The SMILES string of the molecule is CCNC(C)c1cccc(NS(=O)(=O)C(F)F)c1. The highest BCUT2D eigenvalue weighted by atomic mass is 32.2. The van der Waals surface area contributed by atoms with Crippen LogP contribution in [-0.4, -0.2) is 20.7 Å². The number of sulfonamides is 1. The van der Waals surface area contributed by atoms with Crippen LogP contribution < -0.4 is 10.0 Å². The molecule has 1 aromatic rings. The lowest BCUT2D eigenvalue weighted by Gasteiger charge is -2.14. The summed E-state index contributed by atoms with van der Waals surface area (Å²) in [7, 11) is -4.61. The molecule has 18 heavy (non-hydrogen) atoms. The van der Waals surface area contributed by atoms with Gasteiger partial charge in [-0.3, -0.25) is 4.72 Å². The van der Waals surface area contributed by atoms with Gasteiger partial charge >= 0.3 is 5.76 Å². The molecule has 0 aromatic heterocycles. The molecule has 0 aliphatic carbocycles. The van der Waals surface area contributed by atoms with Crippen LogP contribution in [0.15, 0.2) is 24.3 Å². The van der Waals surface area contributed by atoms with Crippen LogP contribution in [0.4, 0.5) is 14.5 Å². The summed E-state index contributed by atoms with van der Waals surface area (Å²) in [6, 6.07) is 6.40. The van der Waals surface area contributed by atoms with Crippen molar-refractivity contribution in [3.63, 3.8) is 0 Å². The number of hydrogen-bond donors (Lipinski definition) is 2. The molecular weight excluding hydrogens is 262 g/mol. The fourth-order valence-corrected chi connectivity index (χ4v) is 2.05. The van der Waals surface area contributed by atoms with E-state index in [9.17, 15) is 17.2 Å². The van der Waals surface area contributed by atoms with E-state index in [2.05, 4.69) is 5.32 Å². The number of anilines is 1. The third-order valence-electron chi connectivity index (χ3n) is 2.39. The Morgan fingerprint density at radius 2 is 2.00 bits per heavy atom. The van der Waals surface area contributed by atoms with E-state index in [1.54, 1.807) is 12.1 Å². The van der Waals surface area contributed by atoms with Crippen LogP contribution in [0.1, 0.15) is 25.5 Å². The summed E-state index contributed by atoms with van der Waals surface area (Å²) in [6.07, 6.45) is 0. The Balaban J connectivity index is 2.89. The summed E-state index contributed by atoms with van der Waals surface area (Å²) in [6.45, 7) is 4.61. The van der Waals surface area contributed by atoms with Crippen LogP contribution >= 0.6 is 0 Å².